The summed E-state index contributed by atoms with van der Waals surface area (Å²) in [6.45, 7) is 11.8. The molecule has 0 spiro atoms. The van der Waals surface area contributed by atoms with Crippen molar-refractivity contribution in [1.82, 2.24) is 0 Å². The lowest BCUT2D eigenvalue weighted by molar-refractivity contribution is 0.332. The molecule has 0 aliphatic heterocycles. The monoisotopic (exact) mass is 336 g/mol. The molecular weight excluding hydrogens is 308 g/mol. The molecule has 0 heterocycles. The van der Waals surface area contributed by atoms with Crippen molar-refractivity contribution in [3.8, 4) is 0 Å². The van der Waals surface area contributed by atoms with Gasteiger partial charge in [-0.15, -0.1) is 0 Å². The van der Waals surface area contributed by atoms with E-state index in [1.807, 2.05) is 0 Å². The molecule has 0 unspecified atom stereocenters. The van der Waals surface area contributed by atoms with Crippen LogP contribution in [0.3, 0.4) is 0 Å². The number of allylic oxidation sites excluding steroid dienone is 1. The van der Waals surface area contributed by atoms with Crippen molar-refractivity contribution in [2.24, 2.45) is 0 Å². The molecule has 0 aromatic heterocycles. The zero-order valence-corrected chi connectivity index (χ0v) is 16.3. The molecule has 0 bridgehead atoms. The van der Waals surface area contributed by atoms with Gasteiger partial charge in [-0.05, 0) is 70.4 Å². The van der Waals surface area contributed by atoms with Crippen molar-refractivity contribution in [2.45, 2.75) is 63.2 Å². The molecular formula is C23H28S. The summed E-state index contributed by atoms with van der Waals surface area (Å²) in [5.74, 6) is 0. The second-order valence-electron chi connectivity index (χ2n) is 8.26. The first-order valence-electron chi connectivity index (χ1n) is 8.83. The van der Waals surface area contributed by atoms with Crippen LogP contribution in [-0.4, -0.2) is 0 Å². The second-order valence-corrected chi connectivity index (χ2v) is 9.20. The Labute approximate surface area is 151 Å². The fraction of sp³-hybridized carbons (Fsp3) is 0.391. The third kappa shape index (κ3) is 3.47. The van der Waals surface area contributed by atoms with Crippen LogP contribution in [0.15, 0.2) is 58.8 Å². The third-order valence-electron chi connectivity index (χ3n) is 5.42. The highest BCUT2D eigenvalue weighted by molar-refractivity contribution is 8.02. The van der Waals surface area contributed by atoms with Gasteiger partial charge in [-0.2, -0.15) is 0 Å². The van der Waals surface area contributed by atoms with Gasteiger partial charge in [0.2, 0.25) is 0 Å². The van der Waals surface area contributed by atoms with E-state index in [4.69, 9.17) is 0 Å². The van der Waals surface area contributed by atoms with Crippen LogP contribution in [-0.2, 0) is 10.8 Å². The predicted octanol–water partition coefficient (Wildman–Crippen LogP) is 7.19. The summed E-state index contributed by atoms with van der Waals surface area (Å²) in [6.07, 6.45) is 2.53. The number of hydrogen-bond acceptors (Lipinski definition) is 1. The Hall–Kier alpha value is -1.47. The van der Waals surface area contributed by atoms with Crippen LogP contribution in [0.5, 0.6) is 0 Å². The molecule has 0 amide bonds. The van der Waals surface area contributed by atoms with Crippen molar-refractivity contribution in [1.29, 1.82) is 0 Å². The number of rotatable bonds is 3. The van der Waals surface area contributed by atoms with Crippen LogP contribution in [0.25, 0.3) is 5.57 Å². The molecule has 0 saturated heterocycles. The first-order chi connectivity index (χ1) is 11.3. The van der Waals surface area contributed by atoms with E-state index >= 15 is 0 Å². The fourth-order valence-corrected chi connectivity index (χ4v) is 4.32. The summed E-state index contributed by atoms with van der Waals surface area (Å²) < 4.78 is 0. The van der Waals surface area contributed by atoms with Gasteiger partial charge in [0.1, 0.15) is 0 Å². The summed E-state index contributed by atoms with van der Waals surface area (Å²) in [7, 11) is 0. The highest BCUT2D eigenvalue weighted by atomic mass is 32.2. The van der Waals surface area contributed by atoms with Crippen molar-refractivity contribution in [2.75, 3.05) is 0 Å². The molecule has 0 fully saturated rings. The van der Waals surface area contributed by atoms with Crippen LogP contribution in [0.2, 0.25) is 0 Å². The van der Waals surface area contributed by atoms with Crippen molar-refractivity contribution in [3.05, 3.63) is 70.6 Å². The summed E-state index contributed by atoms with van der Waals surface area (Å²) in [5.41, 5.74) is 6.32. The largest absolute Gasteiger partial charge is 0.0978 e. The topological polar surface area (TPSA) is 0 Å². The zero-order chi connectivity index (χ0) is 17.4. The van der Waals surface area contributed by atoms with Crippen LogP contribution in [0.4, 0.5) is 0 Å². The lowest BCUT2D eigenvalue weighted by atomic mass is 9.63. The molecule has 0 atom stereocenters. The first kappa shape index (κ1) is 17.4. The van der Waals surface area contributed by atoms with Crippen LogP contribution < -0.4 is 0 Å². The highest BCUT2D eigenvalue weighted by Gasteiger charge is 2.36. The molecule has 1 heteroatoms. The summed E-state index contributed by atoms with van der Waals surface area (Å²) >= 11 is 1.80. The first-order valence-corrected chi connectivity index (χ1v) is 9.71. The molecule has 1 aliphatic carbocycles. The van der Waals surface area contributed by atoms with Gasteiger partial charge in [0.05, 0.1) is 0 Å². The minimum atomic E-state index is 0.272. The Morgan fingerprint density at radius 1 is 0.875 bits per heavy atom. The van der Waals surface area contributed by atoms with Crippen molar-refractivity contribution >= 4 is 17.3 Å². The maximum absolute atomic E-state index is 2.44. The number of benzene rings is 2. The molecule has 2 aromatic carbocycles. The fourth-order valence-electron chi connectivity index (χ4n) is 3.56. The lowest BCUT2D eigenvalue weighted by Crippen LogP contribution is -2.33. The van der Waals surface area contributed by atoms with E-state index in [-0.39, 0.29) is 5.41 Å². The summed E-state index contributed by atoms with van der Waals surface area (Å²) in [6, 6.07) is 17.7. The molecule has 0 N–H and O–H groups in total. The van der Waals surface area contributed by atoms with Crippen LogP contribution >= 0.6 is 11.8 Å². The smallest absolute Gasteiger partial charge is 0.0116 e. The Morgan fingerprint density at radius 3 is 2.17 bits per heavy atom. The number of thioether (sulfide) groups is 1. The van der Waals surface area contributed by atoms with Crippen molar-refractivity contribution in [3.63, 3.8) is 0 Å². The molecule has 0 saturated carbocycles. The van der Waals surface area contributed by atoms with Crippen LogP contribution in [0.1, 0.15) is 64.2 Å². The second kappa shape index (κ2) is 6.44. The lowest BCUT2D eigenvalue weighted by Gasteiger charge is -2.42. The van der Waals surface area contributed by atoms with E-state index in [9.17, 15) is 0 Å². The normalized spacial score (nSPS) is 19.0. The zero-order valence-electron chi connectivity index (χ0n) is 15.5. The van der Waals surface area contributed by atoms with Gasteiger partial charge in [-0.25, -0.2) is 0 Å². The third-order valence-corrected chi connectivity index (χ3v) is 6.44. The standard InChI is InChI=1S/C23H28S/c1-17(16-24-19-9-7-6-8-10-19)18-11-12-20-21(15-18)23(4,5)14-13-22(20,2)3/h6-12,15-16H,13-14H2,1-5H3/b17-16+. The van der Waals surface area contributed by atoms with Gasteiger partial charge >= 0.3 is 0 Å². The SMILES string of the molecule is C/C(=C\Sc1ccccc1)c1ccc2c(c1)C(C)(C)CCC2(C)C. The van der Waals surface area contributed by atoms with Crippen LogP contribution in [0, 0.1) is 0 Å². The molecule has 2 aromatic rings. The molecule has 1 aliphatic rings. The molecule has 0 nitrogen and oxygen atoms in total. The highest BCUT2D eigenvalue weighted by Crippen LogP contribution is 2.46. The molecule has 126 valence electrons. The van der Waals surface area contributed by atoms with Crippen molar-refractivity contribution < 1.29 is 0 Å². The average Bonchev–Trinajstić information content (AvgIpc) is 2.57. The van der Waals surface area contributed by atoms with E-state index in [2.05, 4.69) is 88.6 Å². The predicted molar refractivity (Wildman–Crippen MR) is 108 cm³/mol. The molecule has 3 rings (SSSR count). The Morgan fingerprint density at radius 2 is 1.50 bits per heavy atom. The van der Waals surface area contributed by atoms with Gasteiger partial charge in [-0.1, -0.05) is 75.9 Å². The minimum absolute atomic E-state index is 0.272. The maximum Gasteiger partial charge on any atom is 0.0116 e. The molecule has 0 radical (unpaired) electrons. The number of hydrogen-bond donors (Lipinski definition) is 0. The Kier molecular flexibility index (Phi) is 4.66. The Balaban J connectivity index is 1.93. The van der Waals surface area contributed by atoms with Gasteiger partial charge in [0.25, 0.3) is 0 Å². The maximum atomic E-state index is 2.44. The van der Waals surface area contributed by atoms with Gasteiger partial charge in [-0.3, -0.25) is 0 Å². The number of fused-ring (bicyclic) bond motifs is 1. The van der Waals surface area contributed by atoms with E-state index in [1.165, 1.54) is 40.0 Å². The van der Waals surface area contributed by atoms with Gasteiger partial charge in [0.15, 0.2) is 0 Å². The minimum Gasteiger partial charge on any atom is -0.0978 e. The summed E-state index contributed by atoms with van der Waals surface area (Å²) in [4.78, 5) is 1.29. The van der Waals surface area contributed by atoms with E-state index < -0.39 is 0 Å². The van der Waals surface area contributed by atoms with E-state index in [0.717, 1.165) is 0 Å². The summed E-state index contributed by atoms with van der Waals surface area (Å²) in [5, 5.41) is 2.28. The quantitative estimate of drug-likeness (QED) is 0.534. The Bertz CT molecular complexity index is 751. The van der Waals surface area contributed by atoms with E-state index in [0.29, 0.717) is 5.41 Å². The van der Waals surface area contributed by atoms with E-state index in [1.54, 1.807) is 11.8 Å². The van der Waals surface area contributed by atoms with Gasteiger partial charge < -0.3 is 0 Å². The molecule has 24 heavy (non-hydrogen) atoms. The van der Waals surface area contributed by atoms with Gasteiger partial charge in [0, 0.05) is 4.90 Å². The average molecular weight is 337 g/mol.